The Morgan fingerprint density at radius 3 is 2.76 bits per heavy atom. The highest BCUT2D eigenvalue weighted by Crippen LogP contribution is 2.19. The fraction of sp³-hybridized carbons (Fsp3) is 0.250. The van der Waals surface area contributed by atoms with Crippen LogP contribution in [0.4, 0.5) is 5.82 Å². The van der Waals surface area contributed by atoms with Crippen molar-refractivity contribution in [1.29, 1.82) is 0 Å². The number of rotatable bonds is 4. The van der Waals surface area contributed by atoms with Crippen LogP contribution in [0.2, 0.25) is 0 Å². The van der Waals surface area contributed by atoms with Gasteiger partial charge in [0.2, 0.25) is 0 Å². The van der Waals surface area contributed by atoms with Crippen LogP contribution in [0.5, 0.6) is 11.5 Å². The van der Waals surface area contributed by atoms with Crippen LogP contribution < -0.4 is 15.2 Å². The third kappa shape index (κ3) is 2.69. The van der Waals surface area contributed by atoms with Crippen molar-refractivity contribution in [3.8, 4) is 11.5 Å². The maximum Gasteiger partial charge on any atom is 0.149 e. The van der Waals surface area contributed by atoms with Crippen molar-refractivity contribution in [2.24, 2.45) is 7.05 Å². The number of methoxy groups -OCH3 is 1. The number of hydrogen-bond acceptors (Lipinski definition) is 4. The van der Waals surface area contributed by atoms with Crippen molar-refractivity contribution in [2.45, 2.75) is 6.61 Å². The third-order valence-corrected chi connectivity index (χ3v) is 2.40. The van der Waals surface area contributed by atoms with Gasteiger partial charge in [-0.3, -0.25) is 0 Å². The summed E-state index contributed by atoms with van der Waals surface area (Å²) in [6.45, 7) is 0.376. The fourth-order valence-electron chi connectivity index (χ4n) is 1.50. The van der Waals surface area contributed by atoms with E-state index in [1.165, 1.54) is 0 Å². The van der Waals surface area contributed by atoms with Gasteiger partial charge in [0.25, 0.3) is 0 Å². The number of aromatic nitrogens is 2. The first-order valence-electron chi connectivity index (χ1n) is 5.23. The van der Waals surface area contributed by atoms with Crippen LogP contribution in [0.15, 0.2) is 30.5 Å². The Kier molecular flexibility index (Phi) is 3.18. The average molecular weight is 233 g/mol. The summed E-state index contributed by atoms with van der Waals surface area (Å²) in [7, 11) is 3.51. The number of anilines is 1. The Morgan fingerprint density at radius 1 is 1.35 bits per heavy atom. The molecule has 0 unspecified atom stereocenters. The van der Waals surface area contributed by atoms with Crippen LogP contribution in [-0.4, -0.2) is 16.7 Å². The Bertz CT molecular complexity index is 508. The van der Waals surface area contributed by atoms with Crippen molar-refractivity contribution < 1.29 is 9.47 Å². The van der Waals surface area contributed by atoms with Crippen LogP contribution in [-0.2, 0) is 13.7 Å². The molecule has 5 nitrogen and oxygen atoms in total. The Morgan fingerprint density at radius 2 is 2.12 bits per heavy atom. The maximum atomic E-state index is 5.61. The molecule has 1 aromatic carbocycles. The van der Waals surface area contributed by atoms with Gasteiger partial charge in [-0.2, -0.15) is 0 Å². The van der Waals surface area contributed by atoms with Crippen LogP contribution in [0, 0.1) is 0 Å². The molecule has 0 fully saturated rings. The molecule has 0 spiro atoms. The lowest BCUT2D eigenvalue weighted by Gasteiger charge is -2.07. The SMILES string of the molecule is COc1cccc(OCc2nc(N)cn2C)c1. The van der Waals surface area contributed by atoms with Gasteiger partial charge in [0.15, 0.2) is 0 Å². The van der Waals surface area contributed by atoms with Crippen molar-refractivity contribution in [3.63, 3.8) is 0 Å². The molecule has 5 heteroatoms. The summed E-state index contributed by atoms with van der Waals surface area (Å²) in [5, 5.41) is 0. The normalized spacial score (nSPS) is 10.2. The molecule has 0 saturated carbocycles. The molecule has 0 saturated heterocycles. The zero-order valence-corrected chi connectivity index (χ0v) is 9.88. The minimum Gasteiger partial charge on any atom is -0.497 e. The van der Waals surface area contributed by atoms with E-state index in [4.69, 9.17) is 15.2 Å². The molecule has 90 valence electrons. The second kappa shape index (κ2) is 4.78. The summed E-state index contributed by atoms with van der Waals surface area (Å²) in [4.78, 5) is 4.15. The molecular weight excluding hydrogens is 218 g/mol. The highest BCUT2D eigenvalue weighted by molar-refractivity contribution is 5.33. The molecule has 1 aromatic heterocycles. The van der Waals surface area contributed by atoms with Gasteiger partial charge >= 0.3 is 0 Å². The summed E-state index contributed by atoms with van der Waals surface area (Å²) in [5.74, 6) is 2.79. The molecule has 2 aromatic rings. The molecule has 0 aliphatic heterocycles. The van der Waals surface area contributed by atoms with Crippen molar-refractivity contribution >= 4 is 5.82 Å². The predicted molar refractivity (Wildman–Crippen MR) is 64.9 cm³/mol. The Hall–Kier alpha value is -2.17. The van der Waals surface area contributed by atoms with E-state index in [1.807, 2.05) is 35.9 Å². The number of benzene rings is 1. The van der Waals surface area contributed by atoms with Gasteiger partial charge in [0.05, 0.1) is 7.11 Å². The molecule has 0 aliphatic rings. The summed E-state index contributed by atoms with van der Waals surface area (Å²) < 4.78 is 12.6. The van der Waals surface area contributed by atoms with Gasteiger partial charge in [0, 0.05) is 19.3 Å². The largest absolute Gasteiger partial charge is 0.497 e. The minimum absolute atomic E-state index is 0.376. The molecule has 17 heavy (non-hydrogen) atoms. The molecule has 1 heterocycles. The summed E-state index contributed by atoms with van der Waals surface area (Å²) >= 11 is 0. The number of ether oxygens (including phenoxy) is 2. The molecule has 0 bridgehead atoms. The highest BCUT2D eigenvalue weighted by Gasteiger charge is 2.04. The molecule has 0 aliphatic carbocycles. The zero-order chi connectivity index (χ0) is 12.3. The maximum absolute atomic E-state index is 5.61. The first kappa shape index (κ1) is 11.3. The van der Waals surface area contributed by atoms with Gasteiger partial charge in [-0.25, -0.2) is 4.98 Å². The Balaban J connectivity index is 2.04. The van der Waals surface area contributed by atoms with E-state index in [0.29, 0.717) is 12.4 Å². The average Bonchev–Trinajstić information content (AvgIpc) is 2.65. The van der Waals surface area contributed by atoms with Crippen molar-refractivity contribution in [3.05, 3.63) is 36.3 Å². The van der Waals surface area contributed by atoms with E-state index in [2.05, 4.69) is 4.98 Å². The lowest BCUT2D eigenvalue weighted by molar-refractivity contribution is 0.290. The standard InChI is InChI=1S/C12H15N3O2/c1-15-7-11(13)14-12(15)8-17-10-5-3-4-9(6-10)16-2/h3-7H,8,13H2,1-2H3. The van der Waals surface area contributed by atoms with Crippen molar-refractivity contribution in [2.75, 3.05) is 12.8 Å². The number of aryl methyl sites for hydroxylation is 1. The van der Waals surface area contributed by atoms with Gasteiger partial charge < -0.3 is 19.8 Å². The number of imidazole rings is 1. The van der Waals surface area contributed by atoms with E-state index in [-0.39, 0.29) is 0 Å². The van der Waals surface area contributed by atoms with E-state index < -0.39 is 0 Å². The zero-order valence-electron chi connectivity index (χ0n) is 9.88. The van der Waals surface area contributed by atoms with Gasteiger partial charge in [0.1, 0.15) is 29.7 Å². The van der Waals surface area contributed by atoms with Crippen LogP contribution in [0.3, 0.4) is 0 Å². The highest BCUT2D eigenvalue weighted by atomic mass is 16.5. The quantitative estimate of drug-likeness (QED) is 0.871. The molecular formula is C12H15N3O2. The van der Waals surface area contributed by atoms with Gasteiger partial charge in [-0.15, -0.1) is 0 Å². The molecule has 0 radical (unpaired) electrons. The predicted octanol–water partition coefficient (Wildman–Crippen LogP) is 1.59. The summed E-state index contributed by atoms with van der Waals surface area (Å²) in [5.41, 5.74) is 5.59. The van der Waals surface area contributed by atoms with Crippen LogP contribution in [0.25, 0.3) is 0 Å². The van der Waals surface area contributed by atoms with Gasteiger partial charge in [-0.1, -0.05) is 6.07 Å². The molecule has 0 atom stereocenters. The van der Waals surface area contributed by atoms with E-state index in [9.17, 15) is 0 Å². The smallest absolute Gasteiger partial charge is 0.149 e. The lowest BCUT2D eigenvalue weighted by Crippen LogP contribution is -2.03. The third-order valence-electron chi connectivity index (χ3n) is 2.40. The second-order valence-corrected chi connectivity index (χ2v) is 3.66. The lowest BCUT2D eigenvalue weighted by atomic mass is 10.3. The fourth-order valence-corrected chi connectivity index (χ4v) is 1.50. The van der Waals surface area contributed by atoms with E-state index >= 15 is 0 Å². The van der Waals surface area contributed by atoms with Gasteiger partial charge in [-0.05, 0) is 12.1 Å². The number of nitrogens with zero attached hydrogens (tertiary/aromatic N) is 2. The van der Waals surface area contributed by atoms with Crippen molar-refractivity contribution in [1.82, 2.24) is 9.55 Å². The first-order valence-corrected chi connectivity index (χ1v) is 5.23. The first-order chi connectivity index (χ1) is 8.19. The number of nitrogen functional groups attached to an aromatic ring is 1. The molecule has 2 N–H and O–H groups in total. The molecule has 2 rings (SSSR count). The molecule has 0 amide bonds. The van der Waals surface area contributed by atoms with Crippen LogP contribution >= 0.6 is 0 Å². The van der Waals surface area contributed by atoms with E-state index in [0.717, 1.165) is 17.3 Å². The topological polar surface area (TPSA) is 62.3 Å². The monoisotopic (exact) mass is 233 g/mol. The number of hydrogen-bond donors (Lipinski definition) is 1. The van der Waals surface area contributed by atoms with Crippen LogP contribution in [0.1, 0.15) is 5.82 Å². The minimum atomic E-state index is 0.376. The Labute approximate surface area is 99.8 Å². The summed E-state index contributed by atoms with van der Waals surface area (Å²) in [6.07, 6.45) is 1.75. The summed E-state index contributed by atoms with van der Waals surface area (Å²) in [6, 6.07) is 7.44. The second-order valence-electron chi connectivity index (χ2n) is 3.66. The van der Waals surface area contributed by atoms with E-state index in [1.54, 1.807) is 13.3 Å². The number of nitrogens with two attached hydrogens (primary N) is 1.